The number of nitrogens with zero attached hydrogens (tertiary/aromatic N) is 2. The van der Waals surface area contributed by atoms with E-state index in [0.29, 0.717) is 19.5 Å². The summed E-state index contributed by atoms with van der Waals surface area (Å²) in [7, 11) is -3.56. The summed E-state index contributed by atoms with van der Waals surface area (Å²) >= 11 is 0. The van der Waals surface area contributed by atoms with E-state index in [1.807, 2.05) is 6.92 Å². The lowest BCUT2D eigenvalue weighted by Crippen LogP contribution is -2.51. The summed E-state index contributed by atoms with van der Waals surface area (Å²) in [5.74, 6) is -1.31. The monoisotopic (exact) mass is 381 g/mol. The molecule has 1 aliphatic rings. The Balaban J connectivity index is 1.97. The number of sulfonamides is 1. The Morgan fingerprint density at radius 1 is 1.08 bits per heavy atom. The first-order valence-corrected chi connectivity index (χ1v) is 10.1. The normalized spacial score (nSPS) is 18.3. The molecule has 8 heteroatoms. The van der Waals surface area contributed by atoms with Crippen LogP contribution in [0, 0.1) is 5.41 Å². The van der Waals surface area contributed by atoms with Gasteiger partial charge >= 0.3 is 0 Å². The fourth-order valence-corrected chi connectivity index (χ4v) is 4.50. The van der Waals surface area contributed by atoms with Gasteiger partial charge < -0.3 is 14.8 Å². The second-order valence-electron chi connectivity index (χ2n) is 6.99. The van der Waals surface area contributed by atoms with Gasteiger partial charge in [-0.05, 0) is 30.4 Å². The molecule has 1 heterocycles. The van der Waals surface area contributed by atoms with Gasteiger partial charge in [-0.3, -0.25) is 4.79 Å². The van der Waals surface area contributed by atoms with E-state index in [2.05, 4.69) is 0 Å². The number of aliphatic carboxylic acids is 1. The Labute approximate surface area is 154 Å². The van der Waals surface area contributed by atoms with Crippen molar-refractivity contribution < 1.29 is 23.1 Å². The van der Waals surface area contributed by atoms with Crippen molar-refractivity contribution in [2.24, 2.45) is 5.41 Å². The molecule has 2 rings (SSSR count). The van der Waals surface area contributed by atoms with Gasteiger partial charge in [0.05, 0.1) is 4.90 Å². The highest BCUT2D eigenvalue weighted by molar-refractivity contribution is 7.89. The first kappa shape index (κ1) is 20.4. The lowest BCUT2D eigenvalue weighted by molar-refractivity contribution is -0.308. The molecule has 0 saturated carbocycles. The highest BCUT2D eigenvalue weighted by Gasteiger charge is 2.33. The predicted octanol–water partition coefficient (Wildman–Crippen LogP) is 0.466. The number of carbonyl (C=O) groups is 2. The van der Waals surface area contributed by atoms with Crippen molar-refractivity contribution in [1.29, 1.82) is 0 Å². The van der Waals surface area contributed by atoms with Crippen LogP contribution in [0.5, 0.6) is 0 Å². The molecule has 0 N–H and O–H groups in total. The minimum absolute atomic E-state index is 0.114. The van der Waals surface area contributed by atoms with Crippen molar-refractivity contribution >= 4 is 21.9 Å². The SMILES string of the molecule is CC[C@@](C)(CC(=O)[O-])CC(=O)N1CCN(S(=O)(=O)c2ccccc2)CC1. The average molecular weight is 381 g/mol. The van der Waals surface area contributed by atoms with Gasteiger partial charge in [-0.15, -0.1) is 0 Å². The van der Waals surface area contributed by atoms with E-state index in [-0.39, 0.29) is 36.7 Å². The Bertz CT molecular complexity index is 742. The average Bonchev–Trinajstić information content (AvgIpc) is 2.62. The molecule has 0 radical (unpaired) electrons. The number of carboxylic acid groups (broad SMARTS) is 1. The summed E-state index contributed by atoms with van der Waals surface area (Å²) in [6, 6.07) is 8.22. The Kier molecular flexibility index (Phi) is 6.41. The van der Waals surface area contributed by atoms with Gasteiger partial charge in [0.1, 0.15) is 0 Å². The maximum Gasteiger partial charge on any atom is 0.243 e. The zero-order chi connectivity index (χ0) is 19.4. The molecule has 0 unspecified atom stereocenters. The number of rotatable bonds is 7. The number of piperazine rings is 1. The fraction of sp³-hybridized carbons (Fsp3) is 0.556. The first-order chi connectivity index (χ1) is 12.2. The minimum atomic E-state index is -3.56. The molecule has 0 spiro atoms. The maximum absolute atomic E-state index is 12.6. The van der Waals surface area contributed by atoms with Gasteiger partial charge in [0.25, 0.3) is 0 Å². The van der Waals surface area contributed by atoms with Crippen molar-refractivity contribution in [1.82, 2.24) is 9.21 Å². The van der Waals surface area contributed by atoms with Crippen LogP contribution < -0.4 is 5.11 Å². The number of hydrogen-bond donors (Lipinski definition) is 0. The second-order valence-corrected chi connectivity index (χ2v) is 8.93. The maximum atomic E-state index is 12.6. The van der Waals surface area contributed by atoms with Crippen LogP contribution in [-0.4, -0.2) is 55.7 Å². The molecular weight excluding hydrogens is 356 g/mol. The summed E-state index contributed by atoms with van der Waals surface area (Å²) in [4.78, 5) is 25.3. The number of carbonyl (C=O) groups excluding carboxylic acids is 2. The van der Waals surface area contributed by atoms with E-state index in [9.17, 15) is 23.1 Å². The molecular formula is C18H25N2O5S-. The van der Waals surface area contributed by atoms with Gasteiger partial charge in [-0.25, -0.2) is 8.42 Å². The van der Waals surface area contributed by atoms with Crippen LogP contribution in [0.4, 0.5) is 0 Å². The van der Waals surface area contributed by atoms with Gasteiger partial charge in [-0.1, -0.05) is 32.0 Å². The summed E-state index contributed by atoms with van der Waals surface area (Å²) < 4.78 is 26.6. The molecule has 144 valence electrons. The third-order valence-electron chi connectivity index (χ3n) is 4.97. The minimum Gasteiger partial charge on any atom is -0.550 e. The summed E-state index contributed by atoms with van der Waals surface area (Å²) in [6.07, 6.45) is 0.496. The molecule has 1 aromatic carbocycles. The highest BCUT2D eigenvalue weighted by Crippen LogP contribution is 2.30. The summed E-state index contributed by atoms with van der Waals surface area (Å²) in [5, 5.41) is 10.9. The van der Waals surface area contributed by atoms with Crippen molar-refractivity contribution in [2.75, 3.05) is 26.2 Å². The molecule has 1 fully saturated rings. The van der Waals surface area contributed by atoms with E-state index in [1.165, 1.54) is 4.31 Å². The van der Waals surface area contributed by atoms with Crippen molar-refractivity contribution in [3.05, 3.63) is 30.3 Å². The largest absolute Gasteiger partial charge is 0.550 e. The number of hydrogen-bond acceptors (Lipinski definition) is 5. The van der Waals surface area contributed by atoms with Crippen molar-refractivity contribution in [3.8, 4) is 0 Å². The van der Waals surface area contributed by atoms with Crippen LogP contribution in [-0.2, 0) is 19.6 Å². The van der Waals surface area contributed by atoms with E-state index in [1.54, 1.807) is 42.2 Å². The zero-order valence-corrected chi connectivity index (χ0v) is 16.0. The summed E-state index contributed by atoms with van der Waals surface area (Å²) in [6.45, 7) is 4.67. The molecule has 7 nitrogen and oxygen atoms in total. The molecule has 1 aliphatic heterocycles. The number of benzene rings is 1. The lowest BCUT2D eigenvalue weighted by atomic mass is 9.80. The van der Waals surface area contributed by atoms with Crippen molar-refractivity contribution in [3.63, 3.8) is 0 Å². The molecule has 1 saturated heterocycles. The van der Waals surface area contributed by atoms with Gasteiger partial charge in [0.2, 0.25) is 15.9 Å². The van der Waals surface area contributed by atoms with Gasteiger partial charge in [0, 0.05) is 38.6 Å². The fourth-order valence-electron chi connectivity index (χ4n) is 3.06. The molecule has 1 atom stereocenters. The van der Waals surface area contributed by atoms with E-state index in [0.717, 1.165) is 0 Å². The lowest BCUT2D eigenvalue weighted by Gasteiger charge is -2.36. The Morgan fingerprint density at radius 3 is 2.15 bits per heavy atom. The van der Waals surface area contributed by atoms with Crippen LogP contribution in [0.1, 0.15) is 33.1 Å². The predicted molar refractivity (Wildman–Crippen MR) is 94.4 cm³/mol. The van der Waals surface area contributed by atoms with E-state index < -0.39 is 21.4 Å². The van der Waals surface area contributed by atoms with E-state index in [4.69, 9.17) is 0 Å². The molecule has 26 heavy (non-hydrogen) atoms. The van der Waals surface area contributed by atoms with Crippen LogP contribution in [0.15, 0.2) is 35.2 Å². The molecule has 0 aliphatic carbocycles. The standard InChI is InChI=1S/C18H26N2O5S/c1-3-18(2,14-17(22)23)13-16(21)19-9-11-20(12-10-19)26(24,25)15-7-5-4-6-8-15/h4-8H,3,9-14H2,1-2H3,(H,22,23)/p-1/t18-/m1/s1. The molecule has 0 aromatic heterocycles. The van der Waals surface area contributed by atoms with Crippen LogP contribution >= 0.6 is 0 Å². The molecule has 1 amide bonds. The zero-order valence-electron chi connectivity index (χ0n) is 15.2. The Hall–Kier alpha value is -1.93. The van der Waals surface area contributed by atoms with Crippen LogP contribution in [0.25, 0.3) is 0 Å². The van der Waals surface area contributed by atoms with Crippen LogP contribution in [0.3, 0.4) is 0 Å². The van der Waals surface area contributed by atoms with Crippen LogP contribution in [0.2, 0.25) is 0 Å². The molecule has 1 aromatic rings. The van der Waals surface area contributed by atoms with Crippen molar-refractivity contribution in [2.45, 2.75) is 38.0 Å². The number of amides is 1. The first-order valence-electron chi connectivity index (χ1n) is 8.71. The smallest absolute Gasteiger partial charge is 0.243 e. The van der Waals surface area contributed by atoms with E-state index >= 15 is 0 Å². The van der Waals surface area contributed by atoms with Gasteiger partial charge in [-0.2, -0.15) is 4.31 Å². The number of carboxylic acids is 1. The highest BCUT2D eigenvalue weighted by atomic mass is 32.2. The third-order valence-corrected chi connectivity index (χ3v) is 6.89. The second kappa shape index (κ2) is 8.18. The summed E-state index contributed by atoms with van der Waals surface area (Å²) in [5.41, 5.74) is -0.650. The molecule has 0 bridgehead atoms. The van der Waals surface area contributed by atoms with Gasteiger partial charge in [0.15, 0.2) is 0 Å². The topological polar surface area (TPSA) is 97.8 Å². The quantitative estimate of drug-likeness (QED) is 0.684. The Morgan fingerprint density at radius 2 is 1.65 bits per heavy atom. The third kappa shape index (κ3) is 4.82.